The van der Waals surface area contributed by atoms with Crippen LogP contribution in [-0.2, 0) is 31.8 Å². The molecule has 0 radical (unpaired) electrons. The Morgan fingerprint density at radius 3 is 1.55 bits per heavy atom. The molecule has 1 unspecified atom stereocenters. The van der Waals surface area contributed by atoms with Crippen LogP contribution in [-0.4, -0.2) is 3.26 Å². The molecule has 0 amide bonds. The van der Waals surface area contributed by atoms with Crippen LogP contribution in [0.2, 0.25) is 8.70 Å². The van der Waals surface area contributed by atoms with Crippen molar-refractivity contribution in [2.75, 3.05) is 0 Å². The molecule has 0 nitrogen and oxygen atoms in total. The van der Waals surface area contributed by atoms with E-state index in [1.807, 2.05) is 12.1 Å². The second-order valence-electron chi connectivity index (χ2n) is 15.1. The summed E-state index contributed by atoms with van der Waals surface area (Å²) in [4.78, 5) is 0. The summed E-state index contributed by atoms with van der Waals surface area (Å²) in [5.74, 6) is 0. The first-order valence-corrected chi connectivity index (χ1v) is 23.1. The van der Waals surface area contributed by atoms with Crippen molar-refractivity contribution in [3.8, 4) is 11.1 Å². The Morgan fingerprint density at radius 2 is 1.09 bits per heavy atom. The van der Waals surface area contributed by atoms with E-state index in [0.29, 0.717) is 7.35 Å². The quantitative estimate of drug-likeness (QED) is 0.155. The fraction of sp³-hybridized carbons (Fsp3) is 0.222. The Labute approximate surface area is 293 Å². The molecule has 2 aliphatic rings. The summed E-state index contributed by atoms with van der Waals surface area (Å²) in [6.07, 6.45) is 7.23. The molecule has 0 saturated heterocycles. The van der Waals surface area contributed by atoms with Crippen LogP contribution in [0.15, 0.2) is 140 Å². The van der Waals surface area contributed by atoms with Gasteiger partial charge in [0.15, 0.2) is 0 Å². The fourth-order valence-electron chi connectivity index (χ4n) is 7.39. The predicted molar refractivity (Wildman–Crippen MR) is 200 cm³/mol. The van der Waals surface area contributed by atoms with Crippen LogP contribution in [0.25, 0.3) is 16.7 Å². The van der Waals surface area contributed by atoms with Gasteiger partial charge in [-0.1, -0.05) is 0 Å². The standard InChI is InChI=1S/C21H25.C13H10.C11H8Cl.Hf/c1-20(2,3)16-7-9-18-14(12-16)11-15-13-17(21(4,5)6)8-10-19(15)18;1-3-7-12(8-4-1)11-13-9-5-2-6-10-13;12-11-7-5-10(6-8-11)9-3-1-2-4-9;/h7-13H,1-6H3;1-10H;1-8H;. The summed E-state index contributed by atoms with van der Waals surface area (Å²) >= 11 is 3.23. The van der Waals surface area contributed by atoms with Crippen molar-refractivity contribution < 1.29 is 21.0 Å². The van der Waals surface area contributed by atoms with Crippen LogP contribution >= 0.6 is 11.6 Å². The monoisotopic (exact) mass is 798 g/mol. The van der Waals surface area contributed by atoms with Gasteiger partial charge in [-0.25, -0.2) is 0 Å². The number of hydrogen-bond donors (Lipinski definition) is 0. The maximum atomic E-state index is 6.42. The van der Waals surface area contributed by atoms with Crippen LogP contribution in [0.4, 0.5) is 0 Å². The summed E-state index contributed by atoms with van der Waals surface area (Å²) in [6.45, 7) is 14.1. The molecule has 234 valence electrons. The normalized spacial score (nSPS) is 15.7. The zero-order valence-electron chi connectivity index (χ0n) is 28.3. The van der Waals surface area contributed by atoms with Crippen molar-refractivity contribution in [1.29, 1.82) is 0 Å². The van der Waals surface area contributed by atoms with Crippen molar-refractivity contribution in [3.63, 3.8) is 0 Å². The summed E-state index contributed by atoms with van der Waals surface area (Å²) < 4.78 is 2.31. The third-order valence-corrected chi connectivity index (χ3v) is 23.0. The van der Waals surface area contributed by atoms with Crippen LogP contribution in [0, 0.1) is 0 Å². The molecule has 0 spiro atoms. The van der Waals surface area contributed by atoms with Gasteiger partial charge in [0.05, 0.1) is 0 Å². The maximum absolute atomic E-state index is 6.42. The van der Waals surface area contributed by atoms with E-state index in [4.69, 9.17) is 11.6 Å². The molecule has 0 N–H and O–H groups in total. The van der Waals surface area contributed by atoms with Gasteiger partial charge in [0, 0.05) is 0 Å². The first-order chi connectivity index (χ1) is 22.5. The Morgan fingerprint density at radius 1 is 0.596 bits per heavy atom. The second kappa shape index (κ2) is 12.6. The molecule has 0 aliphatic heterocycles. The first-order valence-electron chi connectivity index (χ1n) is 16.8. The van der Waals surface area contributed by atoms with Gasteiger partial charge in [-0.2, -0.15) is 0 Å². The third kappa shape index (κ3) is 6.18. The van der Waals surface area contributed by atoms with Gasteiger partial charge in [-0.05, 0) is 0 Å². The number of hydrogen-bond acceptors (Lipinski definition) is 0. The Hall–Kier alpha value is -3.39. The van der Waals surface area contributed by atoms with E-state index in [1.165, 1.54) is 55.6 Å². The van der Waals surface area contributed by atoms with Gasteiger partial charge in [0.1, 0.15) is 0 Å². The Kier molecular flexibility index (Phi) is 8.60. The van der Waals surface area contributed by atoms with E-state index >= 15 is 0 Å². The van der Waals surface area contributed by atoms with Gasteiger partial charge < -0.3 is 0 Å². The number of fused-ring (bicyclic) bond motifs is 3. The molecule has 5 aromatic carbocycles. The summed E-state index contributed by atoms with van der Waals surface area (Å²) in [6, 6.07) is 45.9. The van der Waals surface area contributed by atoms with Crippen molar-refractivity contribution in [1.82, 2.24) is 0 Å². The average molecular weight is 798 g/mol. The van der Waals surface area contributed by atoms with Gasteiger partial charge in [-0.3, -0.25) is 0 Å². The van der Waals surface area contributed by atoms with E-state index in [1.54, 1.807) is 3.26 Å². The predicted octanol–water partition coefficient (Wildman–Crippen LogP) is 12.3. The van der Waals surface area contributed by atoms with Crippen molar-refractivity contribution in [2.24, 2.45) is 0 Å². The molecule has 0 bridgehead atoms. The van der Waals surface area contributed by atoms with Crippen LogP contribution < -0.4 is 0 Å². The molecule has 47 heavy (non-hydrogen) atoms. The van der Waals surface area contributed by atoms with Crippen LogP contribution in [0.3, 0.4) is 0 Å². The molecular formula is C45H43ClHf. The number of allylic oxidation sites excluding steroid dienone is 4. The Bertz CT molecular complexity index is 1930. The minimum atomic E-state index is -3.19. The van der Waals surface area contributed by atoms with Crippen LogP contribution in [0.5, 0.6) is 0 Å². The molecular weight excluding hydrogens is 754 g/mol. The van der Waals surface area contributed by atoms with E-state index in [9.17, 15) is 0 Å². The number of benzene rings is 5. The molecule has 0 heterocycles. The molecule has 2 heteroatoms. The first kappa shape index (κ1) is 32.2. The van der Waals surface area contributed by atoms with Crippen molar-refractivity contribution in [2.45, 2.75) is 59.7 Å². The SMILES string of the molecule is CC(C)(C)c1ccc2c(c1)[CH]([Hf](=[C](c1ccccc1)c1ccccc1)[CH]1C=CC=C1c1ccc(Cl)cc1)c1cc(C(C)(C)C)ccc1-2. The molecule has 5 aromatic rings. The number of rotatable bonds is 5. The topological polar surface area (TPSA) is 0 Å². The van der Waals surface area contributed by atoms with E-state index in [0.717, 1.165) is 5.02 Å². The molecule has 0 saturated carbocycles. The van der Waals surface area contributed by atoms with Gasteiger partial charge in [0.25, 0.3) is 0 Å². The van der Waals surface area contributed by atoms with Crippen molar-refractivity contribution >= 4 is 20.4 Å². The summed E-state index contributed by atoms with van der Waals surface area (Å²) in [5.41, 5.74) is 14.3. The fourth-order valence-corrected chi connectivity index (χ4v) is 22.0. The molecule has 7 rings (SSSR count). The van der Waals surface area contributed by atoms with E-state index < -0.39 is 21.0 Å². The van der Waals surface area contributed by atoms with Crippen LogP contribution in [0.1, 0.15) is 84.2 Å². The van der Waals surface area contributed by atoms with Crippen molar-refractivity contribution in [3.05, 3.63) is 184 Å². The second-order valence-corrected chi connectivity index (χ2v) is 24.9. The summed E-state index contributed by atoms with van der Waals surface area (Å²) in [5, 5.41) is 0.779. The van der Waals surface area contributed by atoms with Gasteiger partial charge >= 0.3 is 296 Å². The average Bonchev–Trinajstić information content (AvgIpc) is 3.66. The molecule has 1 atom stereocenters. The third-order valence-electron chi connectivity index (χ3n) is 9.90. The molecule has 0 aromatic heterocycles. The van der Waals surface area contributed by atoms with E-state index in [-0.39, 0.29) is 10.8 Å². The molecule has 0 fully saturated rings. The number of halogens is 1. The zero-order valence-corrected chi connectivity index (χ0v) is 32.7. The zero-order chi connectivity index (χ0) is 32.9. The molecule has 2 aliphatic carbocycles. The summed E-state index contributed by atoms with van der Waals surface area (Å²) in [7, 11) is 0. The van der Waals surface area contributed by atoms with Gasteiger partial charge in [0.2, 0.25) is 0 Å². The Balaban J connectivity index is 1.60. The van der Waals surface area contributed by atoms with E-state index in [2.05, 4.69) is 169 Å². The minimum absolute atomic E-state index is 0.0588. The van der Waals surface area contributed by atoms with Gasteiger partial charge in [-0.15, -0.1) is 0 Å².